The lowest BCUT2D eigenvalue weighted by Crippen LogP contribution is -2.40. The van der Waals surface area contributed by atoms with Crippen LogP contribution in [0, 0.1) is 5.82 Å². The molecular formula is C26H25ClFN3O2. The minimum absolute atomic E-state index is 0.0000369. The van der Waals surface area contributed by atoms with Crippen LogP contribution in [0.15, 0.2) is 66.7 Å². The van der Waals surface area contributed by atoms with Crippen molar-refractivity contribution in [1.29, 1.82) is 0 Å². The second-order valence-electron chi connectivity index (χ2n) is 8.25. The first-order valence-electron chi connectivity index (χ1n) is 10.8. The summed E-state index contributed by atoms with van der Waals surface area (Å²) in [6, 6.07) is 18.5. The van der Waals surface area contributed by atoms with Crippen LogP contribution in [0.3, 0.4) is 0 Å². The molecule has 0 aliphatic carbocycles. The Morgan fingerprint density at radius 2 is 1.88 bits per heavy atom. The lowest BCUT2D eigenvalue weighted by Gasteiger charge is -2.27. The summed E-state index contributed by atoms with van der Waals surface area (Å²) >= 11 is 6.00. The first kappa shape index (κ1) is 23.0. The number of benzene rings is 3. The Kier molecular flexibility index (Phi) is 6.77. The van der Waals surface area contributed by atoms with Crippen molar-refractivity contribution >= 4 is 23.4 Å². The third-order valence-corrected chi connectivity index (χ3v) is 6.27. The molecule has 170 valence electrons. The molecule has 0 saturated heterocycles. The van der Waals surface area contributed by atoms with Gasteiger partial charge in [-0.15, -0.1) is 0 Å². The van der Waals surface area contributed by atoms with Crippen molar-refractivity contribution in [3.63, 3.8) is 0 Å². The molecule has 1 aliphatic heterocycles. The van der Waals surface area contributed by atoms with Gasteiger partial charge in [0.2, 0.25) is 5.91 Å². The number of amides is 2. The first-order valence-corrected chi connectivity index (χ1v) is 11.2. The van der Waals surface area contributed by atoms with Gasteiger partial charge in [0.05, 0.1) is 0 Å². The molecule has 0 spiro atoms. The third kappa shape index (κ3) is 4.77. The van der Waals surface area contributed by atoms with Gasteiger partial charge in [-0.3, -0.25) is 9.59 Å². The Morgan fingerprint density at radius 1 is 1.15 bits per heavy atom. The largest absolute Gasteiger partial charge is 0.350 e. The average Bonchev–Trinajstić information content (AvgIpc) is 3.10. The monoisotopic (exact) mass is 465 g/mol. The number of nitrogens with one attached hydrogen (secondary N) is 1. The van der Waals surface area contributed by atoms with Gasteiger partial charge in [0, 0.05) is 35.8 Å². The number of fused-ring (bicyclic) bond motifs is 1. The third-order valence-electron chi connectivity index (χ3n) is 6.01. The SMILES string of the molecule is CC(CN1C(=O)c2ccccc2C1C(=O)NCc1ccc(F)c(CN)c1)c1ccc(Cl)cc1. The topological polar surface area (TPSA) is 75.4 Å². The van der Waals surface area contributed by atoms with Crippen LogP contribution in [0.25, 0.3) is 0 Å². The molecule has 7 heteroatoms. The number of carbonyl (C=O) groups excluding carboxylic acids is 2. The van der Waals surface area contributed by atoms with Gasteiger partial charge < -0.3 is 16.0 Å². The number of rotatable bonds is 7. The maximum absolute atomic E-state index is 13.7. The van der Waals surface area contributed by atoms with Gasteiger partial charge in [-0.05, 0) is 52.9 Å². The molecular weight excluding hydrogens is 441 g/mol. The number of nitrogens with two attached hydrogens (primary N) is 1. The number of carbonyl (C=O) groups is 2. The summed E-state index contributed by atoms with van der Waals surface area (Å²) in [7, 11) is 0. The zero-order chi connectivity index (χ0) is 23.5. The molecule has 3 aromatic rings. The normalized spacial score (nSPS) is 15.9. The van der Waals surface area contributed by atoms with E-state index in [4.69, 9.17) is 17.3 Å². The van der Waals surface area contributed by atoms with E-state index in [0.717, 1.165) is 11.1 Å². The molecule has 2 amide bonds. The van der Waals surface area contributed by atoms with Gasteiger partial charge in [-0.1, -0.05) is 54.9 Å². The van der Waals surface area contributed by atoms with Crippen molar-refractivity contribution in [2.75, 3.05) is 6.54 Å². The number of hydrogen-bond acceptors (Lipinski definition) is 3. The Balaban J connectivity index is 1.55. The summed E-state index contributed by atoms with van der Waals surface area (Å²) in [5.74, 6) is -0.820. The van der Waals surface area contributed by atoms with Gasteiger partial charge in [0.25, 0.3) is 5.91 Å². The van der Waals surface area contributed by atoms with Gasteiger partial charge in [-0.2, -0.15) is 0 Å². The van der Waals surface area contributed by atoms with Crippen LogP contribution in [0.5, 0.6) is 0 Å². The predicted molar refractivity (Wildman–Crippen MR) is 126 cm³/mol. The highest BCUT2D eigenvalue weighted by Crippen LogP contribution is 2.35. The molecule has 2 unspecified atom stereocenters. The first-order chi connectivity index (χ1) is 15.9. The summed E-state index contributed by atoms with van der Waals surface area (Å²) in [5, 5.41) is 3.55. The van der Waals surface area contributed by atoms with Crippen molar-refractivity contribution in [3.05, 3.63) is 105 Å². The fourth-order valence-electron chi connectivity index (χ4n) is 4.21. The van der Waals surface area contributed by atoms with Crippen LogP contribution in [0.2, 0.25) is 5.02 Å². The highest BCUT2D eigenvalue weighted by molar-refractivity contribution is 6.30. The van der Waals surface area contributed by atoms with Crippen molar-refractivity contribution < 1.29 is 14.0 Å². The molecule has 5 nitrogen and oxygen atoms in total. The molecule has 2 atom stereocenters. The van der Waals surface area contributed by atoms with Crippen molar-refractivity contribution in [1.82, 2.24) is 10.2 Å². The predicted octanol–water partition coefficient (Wildman–Crippen LogP) is 4.55. The van der Waals surface area contributed by atoms with Gasteiger partial charge in [0.15, 0.2) is 0 Å². The highest BCUT2D eigenvalue weighted by Gasteiger charge is 2.41. The molecule has 0 saturated carbocycles. The van der Waals surface area contributed by atoms with Crippen LogP contribution in [-0.2, 0) is 17.9 Å². The summed E-state index contributed by atoms with van der Waals surface area (Å²) in [6.07, 6.45) is 0. The molecule has 3 N–H and O–H groups in total. The van der Waals surface area contributed by atoms with E-state index in [2.05, 4.69) is 5.32 Å². The molecule has 4 rings (SSSR count). The fourth-order valence-corrected chi connectivity index (χ4v) is 4.34. The zero-order valence-electron chi connectivity index (χ0n) is 18.2. The van der Waals surface area contributed by atoms with Crippen LogP contribution in [0.4, 0.5) is 4.39 Å². The number of halogens is 2. The smallest absolute Gasteiger partial charge is 0.255 e. The Morgan fingerprint density at radius 3 is 2.61 bits per heavy atom. The van der Waals surface area contributed by atoms with Gasteiger partial charge in [-0.25, -0.2) is 4.39 Å². The van der Waals surface area contributed by atoms with Crippen LogP contribution in [0.1, 0.15) is 51.5 Å². The fraction of sp³-hybridized carbons (Fsp3) is 0.231. The number of nitrogens with zero attached hydrogens (tertiary/aromatic N) is 1. The van der Waals surface area contributed by atoms with Gasteiger partial charge in [0.1, 0.15) is 11.9 Å². The zero-order valence-corrected chi connectivity index (χ0v) is 19.0. The van der Waals surface area contributed by atoms with Crippen molar-refractivity contribution in [2.24, 2.45) is 5.73 Å². The highest BCUT2D eigenvalue weighted by atomic mass is 35.5. The van der Waals surface area contributed by atoms with E-state index in [-0.39, 0.29) is 36.6 Å². The molecule has 1 heterocycles. The minimum Gasteiger partial charge on any atom is -0.350 e. The summed E-state index contributed by atoms with van der Waals surface area (Å²) in [5.41, 5.74) is 8.97. The maximum Gasteiger partial charge on any atom is 0.255 e. The lowest BCUT2D eigenvalue weighted by atomic mass is 9.99. The van der Waals surface area contributed by atoms with Crippen molar-refractivity contribution in [3.8, 4) is 0 Å². The second-order valence-corrected chi connectivity index (χ2v) is 8.68. The standard InChI is InChI=1S/C26H25ClFN3O2/c1-16(18-7-9-20(27)10-8-18)15-31-24(21-4-2-3-5-22(21)26(31)33)25(32)30-14-17-6-11-23(28)19(12-17)13-29/h2-12,16,24H,13-15,29H2,1H3,(H,30,32). The average molecular weight is 466 g/mol. The van der Waals surface area contributed by atoms with E-state index >= 15 is 0 Å². The molecule has 1 aliphatic rings. The van der Waals surface area contributed by atoms with Crippen LogP contribution in [-0.4, -0.2) is 23.3 Å². The molecule has 0 bridgehead atoms. The summed E-state index contributed by atoms with van der Waals surface area (Å²) in [6.45, 7) is 2.68. The molecule has 0 radical (unpaired) electrons. The van der Waals surface area contributed by atoms with E-state index in [1.807, 2.05) is 43.3 Å². The molecule has 3 aromatic carbocycles. The quantitative estimate of drug-likeness (QED) is 0.537. The lowest BCUT2D eigenvalue weighted by molar-refractivity contribution is -0.125. The summed E-state index contributed by atoms with van der Waals surface area (Å²) < 4.78 is 13.7. The minimum atomic E-state index is -0.738. The molecule has 33 heavy (non-hydrogen) atoms. The Bertz CT molecular complexity index is 1180. The van der Waals surface area contributed by atoms with E-state index < -0.39 is 6.04 Å². The van der Waals surface area contributed by atoms with Crippen LogP contribution < -0.4 is 11.1 Å². The Hall–Kier alpha value is -3.22. The van der Waals surface area contributed by atoms with E-state index in [1.54, 1.807) is 29.2 Å². The Labute approximate surface area is 197 Å². The van der Waals surface area contributed by atoms with E-state index in [0.29, 0.717) is 28.3 Å². The molecule has 0 aromatic heterocycles. The van der Waals surface area contributed by atoms with Gasteiger partial charge >= 0.3 is 0 Å². The maximum atomic E-state index is 13.7. The van der Waals surface area contributed by atoms with E-state index in [1.165, 1.54) is 6.07 Å². The second kappa shape index (κ2) is 9.73. The van der Waals surface area contributed by atoms with Crippen molar-refractivity contribution in [2.45, 2.75) is 32.0 Å². The summed E-state index contributed by atoms with van der Waals surface area (Å²) in [4.78, 5) is 28.1. The molecule has 0 fully saturated rings. The number of hydrogen-bond donors (Lipinski definition) is 2. The van der Waals surface area contributed by atoms with Crippen LogP contribution >= 0.6 is 11.6 Å². The van der Waals surface area contributed by atoms with E-state index in [9.17, 15) is 14.0 Å².